The van der Waals surface area contributed by atoms with Gasteiger partial charge in [0, 0.05) is 0 Å². The van der Waals surface area contributed by atoms with Gasteiger partial charge in [0.25, 0.3) is 0 Å². The Hall–Kier alpha value is -2.58. The van der Waals surface area contributed by atoms with E-state index in [2.05, 4.69) is 9.46 Å². The Morgan fingerprint density at radius 3 is 2.30 bits per heavy atom. The maximum Gasteiger partial charge on any atom is 0.338 e. The highest BCUT2D eigenvalue weighted by Gasteiger charge is 2.20. The quantitative estimate of drug-likeness (QED) is 0.693. The van der Waals surface area contributed by atoms with Crippen molar-refractivity contribution < 1.29 is 27.4 Å². The molecule has 1 atom stereocenters. The van der Waals surface area contributed by atoms with Crippen LogP contribution < -0.4 is 14.2 Å². The van der Waals surface area contributed by atoms with Crippen molar-refractivity contribution in [3.63, 3.8) is 0 Å². The molecule has 0 aliphatic heterocycles. The molecule has 0 amide bonds. The molecule has 0 radical (unpaired) electrons. The summed E-state index contributed by atoms with van der Waals surface area (Å²) in [6.45, 7) is 3.54. The molecule has 2 aromatic carbocycles. The lowest BCUT2D eigenvalue weighted by Gasteiger charge is -2.16. The van der Waals surface area contributed by atoms with Crippen LogP contribution in [-0.4, -0.2) is 41.3 Å². The molecule has 27 heavy (non-hydrogen) atoms. The first kappa shape index (κ1) is 20.7. The molecule has 0 aliphatic rings. The summed E-state index contributed by atoms with van der Waals surface area (Å²) < 4.78 is 43.0. The first-order chi connectivity index (χ1) is 12.8. The predicted molar refractivity (Wildman–Crippen MR) is 101 cm³/mol. The second kappa shape index (κ2) is 8.88. The molecule has 8 heteroatoms. The van der Waals surface area contributed by atoms with Gasteiger partial charge in [-0.05, 0) is 55.8 Å². The second-order valence-corrected chi connectivity index (χ2v) is 7.69. The number of nitrogens with one attached hydrogen (secondary N) is 1. The number of aryl methyl sites for hydroxylation is 1. The average Bonchev–Trinajstić information content (AvgIpc) is 2.66. The van der Waals surface area contributed by atoms with E-state index in [9.17, 15) is 13.2 Å². The Morgan fingerprint density at radius 1 is 1.07 bits per heavy atom. The number of hydrogen-bond donors (Lipinski definition) is 1. The highest BCUT2D eigenvalue weighted by atomic mass is 32.2. The van der Waals surface area contributed by atoms with Crippen LogP contribution in [0.4, 0.5) is 0 Å². The zero-order chi connectivity index (χ0) is 20.0. The van der Waals surface area contributed by atoms with E-state index in [1.807, 2.05) is 0 Å². The Labute approximate surface area is 159 Å². The summed E-state index contributed by atoms with van der Waals surface area (Å²) >= 11 is 0. The van der Waals surface area contributed by atoms with Gasteiger partial charge in [0.2, 0.25) is 10.0 Å². The molecule has 0 spiro atoms. The maximum atomic E-state index is 12.6. The molecule has 2 rings (SSSR count). The van der Waals surface area contributed by atoms with Gasteiger partial charge >= 0.3 is 5.97 Å². The van der Waals surface area contributed by atoms with Gasteiger partial charge in [0.1, 0.15) is 18.1 Å². The second-order valence-electron chi connectivity index (χ2n) is 5.98. The summed E-state index contributed by atoms with van der Waals surface area (Å²) in [4.78, 5) is 11.8. The normalized spacial score (nSPS) is 12.3. The summed E-state index contributed by atoms with van der Waals surface area (Å²) in [6, 6.07) is 10.8. The number of esters is 1. The van der Waals surface area contributed by atoms with Crippen molar-refractivity contribution in [3.8, 4) is 11.5 Å². The number of hydrogen-bond acceptors (Lipinski definition) is 6. The van der Waals surface area contributed by atoms with Gasteiger partial charge in [-0.2, -0.15) is 0 Å². The lowest BCUT2D eigenvalue weighted by atomic mass is 10.1. The van der Waals surface area contributed by atoms with Crippen LogP contribution in [0.15, 0.2) is 47.4 Å². The van der Waals surface area contributed by atoms with Crippen molar-refractivity contribution in [3.05, 3.63) is 53.6 Å². The third-order valence-electron chi connectivity index (χ3n) is 3.84. The van der Waals surface area contributed by atoms with Crippen LogP contribution in [0, 0.1) is 6.92 Å². The van der Waals surface area contributed by atoms with Gasteiger partial charge in [0.15, 0.2) is 0 Å². The van der Waals surface area contributed by atoms with Crippen molar-refractivity contribution in [2.24, 2.45) is 0 Å². The molecule has 0 unspecified atom stereocenters. The number of benzene rings is 2. The van der Waals surface area contributed by atoms with Crippen molar-refractivity contribution in [1.29, 1.82) is 0 Å². The fourth-order valence-corrected chi connectivity index (χ4v) is 3.61. The van der Waals surface area contributed by atoms with Gasteiger partial charge in [-0.15, -0.1) is 0 Å². The lowest BCUT2D eigenvalue weighted by Crippen LogP contribution is -2.36. The highest BCUT2D eigenvalue weighted by molar-refractivity contribution is 7.89. The molecular formula is C19H23NO6S. The van der Waals surface area contributed by atoms with Crippen molar-refractivity contribution in [1.82, 2.24) is 4.72 Å². The molecule has 0 saturated carbocycles. The molecule has 0 bridgehead atoms. The number of carbonyl (C=O) groups excluding carboxylic acids is 1. The van der Waals surface area contributed by atoms with E-state index in [-0.39, 0.29) is 17.1 Å². The van der Waals surface area contributed by atoms with Crippen LogP contribution in [0.25, 0.3) is 0 Å². The zero-order valence-electron chi connectivity index (χ0n) is 15.7. The van der Waals surface area contributed by atoms with E-state index in [1.165, 1.54) is 19.2 Å². The van der Waals surface area contributed by atoms with E-state index in [1.54, 1.807) is 51.3 Å². The van der Waals surface area contributed by atoms with Crippen LogP contribution in [0.3, 0.4) is 0 Å². The molecule has 1 N–H and O–H groups in total. The van der Waals surface area contributed by atoms with E-state index in [0.29, 0.717) is 17.1 Å². The van der Waals surface area contributed by atoms with Crippen LogP contribution >= 0.6 is 0 Å². The van der Waals surface area contributed by atoms with E-state index in [0.717, 1.165) is 0 Å². The number of rotatable bonds is 8. The van der Waals surface area contributed by atoms with Crippen molar-refractivity contribution in [2.75, 3.05) is 20.8 Å². The molecule has 0 aliphatic carbocycles. The summed E-state index contributed by atoms with van der Waals surface area (Å²) in [7, 11) is -0.991. The first-order valence-electron chi connectivity index (χ1n) is 8.25. The van der Waals surface area contributed by atoms with Crippen molar-refractivity contribution in [2.45, 2.75) is 24.8 Å². The summed E-state index contributed by atoms with van der Waals surface area (Å²) in [5.74, 6) is 0.725. The third kappa shape index (κ3) is 5.45. The fourth-order valence-electron chi connectivity index (χ4n) is 2.36. The third-order valence-corrected chi connectivity index (χ3v) is 5.43. The number of sulfonamides is 1. The molecule has 2 aromatic rings. The number of methoxy groups -OCH3 is 2. The maximum absolute atomic E-state index is 12.6. The molecule has 0 fully saturated rings. The van der Waals surface area contributed by atoms with Gasteiger partial charge in [-0.1, -0.05) is 6.07 Å². The minimum Gasteiger partial charge on any atom is -0.497 e. The van der Waals surface area contributed by atoms with Crippen LogP contribution in [0.2, 0.25) is 0 Å². The minimum atomic E-state index is -3.81. The monoisotopic (exact) mass is 393 g/mol. The smallest absolute Gasteiger partial charge is 0.338 e. The topological polar surface area (TPSA) is 90.9 Å². The van der Waals surface area contributed by atoms with Gasteiger partial charge < -0.3 is 14.2 Å². The molecule has 0 heterocycles. The predicted octanol–water partition coefficient (Wildman–Crippen LogP) is 2.54. The Kier molecular flexibility index (Phi) is 6.81. The first-order valence-corrected chi connectivity index (χ1v) is 9.73. The molecule has 146 valence electrons. The van der Waals surface area contributed by atoms with E-state index in [4.69, 9.17) is 9.47 Å². The van der Waals surface area contributed by atoms with Gasteiger partial charge in [0.05, 0.1) is 30.7 Å². The minimum absolute atomic E-state index is 0.00945. The standard InChI is InChI=1S/C19H23NO6S/c1-13-5-10-17(11-18(13)19(21)25-4)27(22,23)20-14(2)12-26-16-8-6-15(24-3)7-9-16/h5-11,14,20H,12H2,1-4H3/t14-/m1/s1. The lowest BCUT2D eigenvalue weighted by molar-refractivity contribution is 0.0599. The Bertz CT molecular complexity index is 893. The summed E-state index contributed by atoms with van der Waals surface area (Å²) in [5.41, 5.74) is 0.846. The zero-order valence-corrected chi connectivity index (χ0v) is 16.5. The largest absolute Gasteiger partial charge is 0.497 e. The van der Waals surface area contributed by atoms with Gasteiger partial charge in [-0.3, -0.25) is 0 Å². The molecule has 0 saturated heterocycles. The summed E-state index contributed by atoms with van der Waals surface area (Å²) in [5, 5.41) is 0. The highest BCUT2D eigenvalue weighted by Crippen LogP contribution is 2.18. The van der Waals surface area contributed by atoms with Crippen molar-refractivity contribution >= 4 is 16.0 Å². The molecule has 7 nitrogen and oxygen atoms in total. The van der Waals surface area contributed by atoms with E-state index >= 15 is 0 Å². The van der Waals surface area contributed by atoms with Crippen LogP contribution in [0.1, 0.15) is 22.8 Å². The van der Waals surface area contributed by atoms with Crippen LogP contribution in [0.5, 0.6) is 11.5 Å². The molecular weight excluding hydrogens is 370 g/mol. The van der Waals surface area contributed by atoms with E-state index < -0.39 is 22.0 Å². The van der Waals surface area contributed by atoms with Gasteiger partial charge in [-0.25, -0.2) is 17.9 Å². The number of carbonyl (C=O) groups is 1. The number of ether oxygens (including phenoxy) is 3. The fraction of sp³-hybridized carbons (Fsp3) is 0.316. The average molecular weight is 393 g/mol. The SMILES string of the molecule is COC(=O)c1cc(S(=O)(=O)N[C@H](C)COc2ccc(OC)cc2)ccc1C. The Morgan fingerprint density at radius 2 is 1.70 bits per heavy atom. The Balaban J connectivity index is 2.05. The summed E-state index contributed by atoms with van der Waals surface area (Å²) in [6.07, 6.45) is 0. The molecule has 0 aromatic heterocycles. The van der Waals surface area contributed by atoms with Crippen LogP contribution in [-0.2, 0) is 14.8 Å².